The number of nitrogens with zero attached hydrogens (tertiary/aromatic N) is 2. The van der Waals surface area contributed by atoms with E-state index < -0.39 is 0 Å². The van der Waals surface area contributed by atoms with Gasteiger partial charge in [0.05, 0.1) is 17.4 Å². The number of imidazole rings is 1. The van der Waals surface area contributed by atoms with E-state index in [1.807, 2.05) is 36.7 Å². The molecular weight excluding hydrogens is 407 g/mol. The van der Waals surface area contributed by atoms with Crippen LogP contribution in [0.15, 0.2) is 54.9 Å². The fourth-order valence-corrected chi connectivity index (χ4v) is 4.45. The number of para-hydroxylation sites is 2. The zero-order chi connectivity index (χ0) is 18.3. The van der Waals surface area contributed by atoms with E-state index in [4.69, 9.17) is 0 Å². The van der Waals surface area contributed by atoms with Crippen LogP contribution >= 0.6 is 24.8 Å². The normalized spacial score (nSPS) is 19.2. The van der Waals surface area contributed by atoms with Crippen LogP contribution in [0.3, 0.4) is 0 Å². The molecule has 2 fully saturated rings. The zero-order valence-electron chi connectivity index (χ0n) is 16.1. The summed E-state index contributed by atoms with van der Waals surface area (Å²) in [7, 11) is 0. The maximum Gasteiger partial charge on any atom is 0.228 e. The number of anilines is 1. The molecule has 1 unspecified atom stereocenters. The van der Waals surface area contributed by atoms with Crippen molar-refractivity contribution in [3.8, 4) is 0 Å². The lowest BCUT2D eigenvalue weighted by Gasteiger charge is -2.23. The molecule has 0 bridgehead atoms. The van der Waals surface area contributed by atoms with Gasteiger partial charge in [0, 0.05) is 18.2 Å². The average Bonchev–Trinajstić information content (AvgIpc) is 3.24. The van der Waals surface area contributed by atoms with E-state index in [-0.39, 0.29) is 42.1 Å². The van der Waals surface area contributed by atoms with Crippen LogP contribution in [-0.2, 0) is 11.3 Å². The van der Waals surface area contributed by atoms with E-state index in [9.17, 15) is 4.79 Å². The molecule has 1 aliphatic heterocycles. The molecule has 1 spiro atoms. The van der Waals surface area contributed by atoms with Crippen LogP contribution in [0, 0.1) is 11.3 Å². The largest absolute Gasteiger partial charge is 0.326 e. The number of halogens is 2. The number of piperidine rings is 1. The molecule has 7 heteroatoms. The van der Waals surface area contributed by atoms with Crippen molar-refractivity contribution < 1.29 is 4.79 Å². The first-order chi connectivity index (χ1) is 13.2. The summed E-state index contributed by atoms with van der Waals surface area (Å²) < 4.78 is 2.15. The SMILES string of the molecule is Cl.Cl.O=C(Nc1ccc(Cn2cnc3ccccc32)cc1)C1CC12CCNCC2. The van der Waals surface area contributed by atoms with Crippen molar-refractivity contribution in [1.29, 1.82) is 0 Å². The van der Waals surface area contributed by atoms with Crippen LogP contribution in [0.25, 0.3) is 11.0 Å². The fourth-order valence-electron chi connectivity index (χ4n) is 4.45. The third kappa shape index (κ3) is 4.27. The highest BCUT2D eigenvalue weighted by Crippen LogP contribution is 2.58. The topological polar surface area (TPSA) is 59.0 Å². The van der Waals surface area contributed by atoms with Gasteiger partial charge >= 0.3 is 0 Å². The molecule has 29 heavy (non-hydrogen) atoms. The second-order valence-corrected chi connectivity index (χ2v) is 7.92. The van der Waals surface area contributed by atoms with Crippen molar-refractivity contribution in [1.82, 2.24) is 14.9 Å². The van der Waals surface area contributed by atoms with Gasteiger partial charge in [0.15, 0.2) is 0 Å². The molecule has 3 aromatic rings. The van der Waals surface area contributed by atoms with Crippen molar-refractivity contribution in [3.63, 3.8) is 0 Å². The van der Waals surface area contributed by atoms with Gasteiger partial charge in [0.1, 0.15) is 0 Å². The standard InChI is InChI=1S/C22H24N4O.2ClH/c27-21(18-13-22(18)9-11-23-12-10-22)25-17-7-5-16(6-8-17)14-26-15-24-19-3-1-2-4-20(19)26;;/h1-8,15,18,23H,9-14H2,(H,25,27);2*1H. The minimum atomic E-state index is 0. The maximum atomic E-state index is 12.6. The Morgan fingerprint density at radius 1 is 1.10 bits per heavy atom. The molecular formula is C22H26Cl2N4O. The van der Waals surface area contributed by atoms with E-state index in [2.05, 4.69) is 38.4 Å². The first-order valence-corrected chi connectivity index (χ1v) is 9.74. The van der Waals surface area contributed by atoms with E-state index in [0.29, 0.717) is 0 Å². The molecule has 1 atom stereocenters. The van der Waals surface area contributed by atoms with Gasteiger partial charge in [-0.15, -0.1) is 24.8 Å². The summed E-state index contributed by atoms with van der Waals surface area (Å²) in [6, 6.07) is 16.3. The second kappa shape index (κ2) is 8.74. The van der Waals surface area contributed by atoms with E-state index in [0.717, 1.165) is 55.6 Å². The summed E-state index contributed by atoms with van der Waals surface area (Å²) in [6.07, 6.45) is 5.18. The van der Waals surface area contributed by atoms with Crippen molar-refractivity contribution in [2.24, 2.45) is 11.3 Å². The molecule has 1 saturated carbocycles. The molecule has 5 nitrogen and oxygen atoms in total. The number of nitrogens with one attached hydrogen (secondary N) is 2. The first-order valence-electron chi connectivity index (χ1n) is 9.74. The van der Waals surface area contributed by atoms with Gasteiger partial charge < -0.3 is 15.2 Å². The smallest absolute Gasteiger partial charge is 0.228 e. The van der Waals surface area contributed by atoms with Gasteiger partial charge in [-0.05, 0) is 67.6 Å². The summed E-state index contributed by atoms with van der Waals surface area (Å²) in [5.74, 6) is 0.377. The summed E-state index contributed by atoms with van der Waals surface area (Å²) >= 11 is 0. The maximum absolute atomic E-state index is 12.6. The number of carbonyl (C=O) groups is 1. The lowest BCUT2D eigenvalue weighted by Crippen LogP contribution is -2.31. The summed E-state index contributed by atoms with van der Waals surface area (Å²) in [4.78, 5) is 17.0. The lowest BCUT2D eigenvalue weighted by molar-refractivity contribution is -0.118. The molecule has 2 aliphatic rings. The number of benzene rings is 2. The Bertz CT molecular complexity index is 980. The minimum Gasteiger partial charge on any atom is -0.326 e. The molecule has 1 saturated heterocycles. The van der Waals surface area contributed by atoms with Crippen molar-refractivity contribution in [3.05, 3.63) is 60.4 Å². The Hall–Kier alpha value is -2.08. The Balaban J connectivity index is 0.00000120. The third-order valence-corrected chi connectivity index (χ3v) is 6.21. The van der Waals surface area contributed by atoms with E-state index >= 15 is 0 Å². The van der Waals surface area contributed by atoms with Gasteiger partial charge in [-0.1, -0.05) is 24.3 Å². The Labute approximate surface area is 183 Å². The van der Waals surface area contributed by atoms with Gasteiger partial charge in [0.25, 0.3) is 0 Å². The molecule has 1 amide bonds. The summed E-state index contributed by atoms with van der Waals surface area (Å²) in [6.45, 7) is 2.86. The predicted molar refractivity (Wildman–Crippen MR) is 121 cm³/mol. The molecule has 2 N–H and O–H groups in total. The van der Waals surface area contributed by atoms with Crippen LogP contribution in [-0.4, -0.2) is 28.5 Å². The van der Waals surface area contributed by atoms with Crippen LogP contribution < -0.4 is 10.6 Å². The number of carbonyl (C=O) groups excluding carboxylic acids is 1. The molecule has 1 aliphatic carbocycles. The van der Waals surface area contributed by atoms with Gasteiger partial charge in [-0.2, -0.15) is 0 Å². The minimum absolute atomic E-state index is 0. The highest BCUT2D eigenvalue weighted by atomic mass is 35.5. The monoisotopic (exact) mass is 432 g/mol. The Kier molecular flexibility index (Phi) is 6.52. The van der Waals surface area contributed by atoms with Gasteiger partial charge in [0.2, 0.25) is 5.91 Å². The Morgan fingerprint density at radius 3 is 2.59 bits per heavy atom. The second-order valence-electron chi connectivity index (χ2n) is 7.92. The summed E-state index contributed by atoms with van der Waals surface area (Å²) in [5, 5.41) is 6.50. The van der Waals surface area contributed by atoms with Crippen LogP contribution in [0.4, 0.5) is 5.69 Å². The van der Waals surface area contributed by atoms with Crippen molar-refractivity contribution >= 4 is 47.4 Å². The van der Waals surface area contributed by atoms with Crippen molar-refractivity contribution in [2.45, 2.75) is 25.8 Å². The molecule has 1 aromatic heterocycles. The van der Waals surface area contributed by atoms with Crippen LogP contribution in [0.2, 0.25) is 0 Å². The molecule has 2 aromatic carbocycles. The first kappa shape index (κ1) is 21.6. The lowest BCUT2D eigenvalue weighted by atomic mass is 9.92. The predicted octanol–water partition coefficient (Wildman–Crippen LogP) is 4.26. The van der Waals surface area contributed by atoms with Crippen molar-refractivity contribution in [2.75, 3.05) is 18.4 Å². The van der Waals surface area contributed by atoms with Crippen LogP contribution in [0.5, 0.6) is 0 Å². The van der Waals surface area contributed by atoms with Crippen LogP contribution in [0.1, 0.15) is 24.8 Å². The molecule has 154 valence electrons. The number of aromatic nitrogens is 2. The van der Waals surface area contributed by atoms with Gasteiger partial charge in [-0.25, -0.2) is 4.98 Å². The molecule has 2 heterocycles. The van der Waals surface area contributed by atoms with E-state index in [1.54, 1.807) is 0 Å². The Morgan fingerprint density at radius 2 is 1.83 bits per heavy atom. The highest BCUT2D eigenvalue weighted by molar-refractivity contribution is 5.95. The fraction of sp³-hybridized carbons (Fsp3) is 0.364. The summed E-state index contributed by atoms with van der Waals surface area (Å²) in [5.41, 5.74) is 4.50. The average molecular weight is 433 g/mol. The number of hydrogen-bond donors (Lipinski definition) is 2. The highest BCUT2D eigenvalue weighted by Gasteiger charge is 2.57. The number of rotatable bonds is 4. The van der Waals surface area contributed by atoms with Gasteiger partial charge in [-0.3, -0.25) is 4.79 Å². The third-order valence-electron chi connectivity index (χ3n) is 6.21. The zero-order valence-corrected chi connectivity index (χ0v) is 17.8. The number of amides is 1. The number of fused-ring (bicyclic) bond motifs is 1. The quantitative estimate of drug-likeness (QED) is 0.647. The van der Waals surface area contributed by atoms with E-state index in [1.165, 1.54) is 5.56 Å². The number of hydrogen-bond acceptors (Lipinski definition) is 3. The molecule has 5 rings (SSSR count). The molecule has 0 radical (unpaired) electrons.